The smallest absolute Gasteiger partial charge is 0.0559 e. The molecule has 0 spiro atoms. The lowest BCUT2D eigenvalue weighted by atomic mass is 10.2. The van der Waals surface area contributed by atoms with Gasteiger partial charge in [0.05, 0.1) is 5.71 Å². The van der Waals surface area contributed by atoms with Gasteiger partial charge in [0.15, 0.2) is 0 Å². The monoisotopic (exact) mass is 109 g/mol. The van der Waals surface area contributed by atoms with Gasteiger partial charge in [-0.25, -0.2) is 0 Å². The van der Waals surface area contributed by atoms with E-state index >= 15 is 0 Å². The molecule has 0 unspecified atom stereocenters. The molecular formula is C7H11N. The van der Waals surface area contributed by atoms with Crippen LogP contribution in [-0.2, 0) is 0 Å². The molecule has 0 bridgehead atoms. The molecule has 0 aromatic carbocycles. The quantitative estimate of drug-likeness (QED) is 0.525. The second-order valence-electron chi connectivity index (χ2n) is 1.59. The number of allylic oxidation sites excluding steroid dienone is 3. The summed E-state index contributed by atoms with van der Waals surface area (Å²) in [7, 11) is 0. The summed E-state index contributed by atoms with van der Waals surface area (Å²) in [6.07, 6.45) is 3.43. The fourth-order valence-corrected chi connectivity index (χ4v) is 0.316. The first kappa shape index (κ1) is 7.15. The molecule has 0 heterocycles. The van der Waals surface area contributed by atoms with Gasteiger partial charge in [-0.2, -0.15) is 0 Å². The van der Waals surface area contributed by atoms with Crippen LogP contribution in [0.3, 0.4) is 0 Å². The van der Waals surface area contributed by atoms with E-state index in [1.165, 1.54) is 6.08 Å². The molecule has 1 heteroatoms. The molecule has 1 N–H and O–H groups in total. The third-order valence-corrected chi connectivity index (χ3v) is 1.06. The average molecular weight is 109 g/mol. The molecule has 8 heavy (non-hydrogen) atoms. The van der Waals surface area contributed by atoms with E-state index in [4.69, 9.17) is 5.41 Å². The first-order chi connectivity index (χ1) is 3.72. The van der Waals surface area contributed by atoms with Crippen LogP contribution in [0.25, 0.3) is 0 Å². The molecule has 0 rings (SSSR count). The minimum Gasteiger partial charge on any atom is -0.301 e. The standard InChI is InChI=1S/C7H11N/c1-4-6(3)7(8)5-2/h4-5,8H,2H2,1,3H3. The van der Waals surface area contributed by atoms with E-state index < -0.39 is 0 Å². The molecule has 0 saturated heterocycles. The van der Waals surface area contributed by atoms with Gasteiger partial charge in [-0.05, 0) is 25.5 Å². The minimum atomic E-state index is 0.507. The van der Waals surface area contributed by atoms with Gasteiger partial charge in [-0.15, -0.1) is 0 Å². The summed E-state index contributed by atoms with van der Waals surface area (Å²) in [4.78, 5) is 0. The summed E-state index contributed by atoms with van der Waals surface area (Å²) in [6, 6.07) is 0. The zero-order chi connectivity index (χ0) is 6.57. The van der Waals surface area contributed by atoms with Crippen LogP contribution >= 0.6 is 0 Å². The molecule has 1 nitrogen and oxygen atoms in total. The van der Waals surface area contributed by atoms with Gasteiger partial charge in [-0.1, -0.05) is 12.7 Å². The van der Waals surface area contributed by atoms with Gasteiger partial charge < -0.3 is 5.41 Å². The van der Waals surface area contributed by atoms with Crippen molar-refractivity contribution in [1.82, 2.24) is 0 Å². The van der Waals surface area contributed by atoms with Gasteiger partial charge in [0.2, 0.25) is 0 Å². The van der Waals surface area contributed by atoms with E-state index in [9.17, 15) is 0 Å². The van der Waals surface area contributed by atoms with Crippen LogP contribution in [0.5, 0.6) is 0 Å². The summed E-state index contributed by atoms with van der Waals surface area (Å²) in [6.45, 7) is 7.27. The van der Waals surface area contributed by atoms with Crippen LogP contribution in [0.2, 0.25) is 0 Å². The first-order valence-electron chi connectivity index (χ1n) is 2.56. The highest BCUT2D eigenvalue weighted by molar-refractivity contribution is 6.05. The van der Waals surface area contributed by atoms with Gasteiger partial charge in [0, 0.05) is 0 Å². The van der Waals surface area contributed by atoms with Crippen LogP contribution in [0.4, 0.5) is 0 Å². The second-order valence-corrected chi connectivity index (χ2v) is 1.59. The zero-order valence-corrected chi connectivity index (χ0v) is 5.36. The molecule has 0 aliphatic rings. The topological polar surface area (TPSA) is 23.9 Å². The third kappa shape index (κ3) is 1.73. The molecule has 0 amide bonds. The summed E-state index contributed by atoms with van der Waals surface area (Å²) in [5, 5.41) is 7.16. The van der Waals surface area contributed by atoms with Crippen LogP contribution in [-0.4, -0.2) is 5.71 Å². The lowest BCUT2D eigenvalue weighted by Crippen LogP contribution is -1.89. The molecule has 0 aliphatic heterocycles. The highest BCUT2D eigenvalue weighted by Crippen LogP contribution is 1.93. The summed E-state index contributed by atoms with van der Waals surface area (Å²) >= 11 is 0. The van der Waals surface area contributed by atoms with Crippen molar-refractivity contribution in [1.29, 1.82) is 5.41 Å². The van der Waals surface area contributed by atoms with Gasteiger partial charge in [0.1, 0.15) is 0 Å². The Labute approximate surface area is 50.2 Å². The molecular weight excluding hydrogens is 98.1 g/mol. The predicted molar refractivity (Wildman–Crippen MR) is 37.4 cm³/mol. The summed E-state index contributed by atoms with van der Waals surface area (Å²) in [5.41, 5.74) is 1.48. The summed E-state index contributed by atoms with van der Waals surface area (Å²) in [5.74, 6) is 0. The van der Waals surface area contributed by atoms with Crippen molar-refractivity contribution in [2.75, 3.05) is 0 Å². The fraction of sp³-hybridized carbons (Fsp3) is 0.286. The van der Waals surface area contributed by atoms with E-state index in [0.29, 0.717) is 5.71 Å². The van der Waals surface area contributed by atoms with Gasteiger partial charge >= 0.3 is 0 Å². The average Bonchev–Trinajstić information content (AvgIpc) is 1.84. The van der Waals surface area contributed by atoms with E-state index in [2.05, 4.69) is 6.58 Å². The molecule has 0 fully saturated rings. The largest absolute Gasteiger partial charge is 0.301 e. The van der Waals surface area contributed by atoms with E-state index in [1.54, 1.807) is 0 Å². The normalized spacial score (nSPS) is 11.0. The van der Waals surface area contributed by atoms with Gasteiger partial charge in [-0.3, -0.25) is 0 Å². The molecule has 0 aromatic heterocycles. The Kier molecular flexibility index (Phi) is 2.85. The Morgan fingerprint density at radius 2 is 2.12 bits per heavy atom. The van der Waals surface area contributed by atoms with Crippen molar-refractivity contribution in [2.45, 2.75) is 13.8 Å². The summed E-state index contributed by atoms with van der Waals surface area (Å²) < 4.78 is 0. The maximum Gasteiger partial charge on any atom is 0.0559 e. The Bertz CT molecular complexity index is 131. The number of hydrogen-bond acceptors (Lipinski definition) is 1. The number of hydrogen-bond donors (Lipinski definition) is 1. The van der Waals surface area contributed by atoms with E-state index in [1.807, 2.05) is 19.9 Å². The second kappa shape index (κ2) is 3.19. The maximum absolute atomic E-state index is 7.16. The molecule has 0 saturated carbocycles. The lowest BCUT2D eigenvalue weighted by Gasteiger charge is -1.91. The highest BCUT2D eigenvalue weighted by Gasteiger charge is 1.87. The third-order valence-electron chi connectivity index (χ3n) is 1.06. The Morgan fingerprint density at radius 3 is 2.25 bits per heavy atom. The van der Waals surface area contributed by atoms with Crippen LogP contribution in [0.15, 0.2) is 24.3 Å². The SMILES string of the molecule is C=CC(=N)C(C)=CC. The Morgan fingerprint density at radius 1 is 1.62 bits per heavy atom. The number of nitrogens with one attached hydrogen (secondary N) is 1. The highest BCUT2D eigenvalue weighted by atomic mass is 14.4. The molecule has 0 aliphatic carbocycles. The van der Waals surface area contributed by atoms with Crippen molar-refractivity contribution in [3.8, 4) is 0 Å². The fourth-order valence-electron chi connectivity index (χ4n) is 0.316. The zero-order valence-electron chi connectivity index (χ0n) is 5.36. The van der Waals surface area contributed by atoms with Crippen molar-refractivity contribution in [2.24, 2.45) is 0 Å². The molecule has 44 valence electrons. The lowest BCUT2D eigenvalue weighted by molar-refractivity contribution is 1.44. The van der Waals surface area contributed by atoms with E-state index in [-0.39, 0.29) is 0 Å². The van der Waals surface area contributed by atoms with Crippen molar-refractivity contribution in [3.63, 3.8) is 0 Å². The van der Waals surface area contributed by atoms with Gasteiger partial charge in [0.25, 0.3) is 0 Å². The molecule has 0 aromatic rings. The Balaban J connectivity index is 4.03. The molecule has 0 atom stereocenters. The van der Waals surface area contributed by atoms with E-state index in [0.717, 1.165) is 5.57 Å². The maximum atomic E-state index is 7.16. The molecule has 0 radical (unpaired) electrons. The van der Waals surface area contributed by atoms with Crippen LogP contribution in [0, 0.1) is 5.41 Å². The van der Waals surface area contributed by atoms with Crippen LogP contribution in [0.1, 0.15) is 13.8 Å². The Hall–Kier alpha value is -0.850. The van der Waals surface area contributed by atoms with Crippen LogP contribution < -0.4 is 0 Å². The first-order valence-corrected chi connectivity index (χ1v) is 2.56. The predicted octanol–water partition coefficient (Wildman–Crippen LogP) is 2.16. The number of rotatable bonds is 2. The van der Waals surface area contributed by atoms with Crippen molar-refractivity contribution < 1.29 is 0 Å². The minimum absolute atomic E-state index is 0.507. The van der Waals surface area contributed by atoms with Crippen molar-refractivity contribution >= 4 is 5.71 Å². The van der Waals surface area contributed by atoms with Crippen molar-refractivity contribution in [3.05, 3.63) is 24.3 Å².